The third kappa shape index (κ3) is 3.77. The molecule has 32 heavy (non-hydrogen) atoms. The van der Waals surface area contributed by atoms with Crippen molar-refractivity contribution in [2.45, 2.75) is 24.9 Å². The van der Waals surface area contributed by atoms with Crippen LogP contribution >= 0.6 is 0 Å². The van der Waals surface area contributed by atoms with Crippen LogP contribution in [0.25, 0.3) is 11.0 Å². The fraction of sp³-hybridized carbons (Fsp3) is 0.318. The van der Waals surface area contributed by atoms with E-state index in [1.54, 1.807) is 21.6 Å². The zero-order valence-electron chi connectivity index (χ0n) is 16.9. The van der Waals surface area contributed by atoms with Gasteiger partial charge in [-0.25, -0.2) is 18.6 Å². The highest BCUT2D eigenvalue weighted by Crippen LogP contribution is 2.38. The zero-order chi connectivity index (χ0) is 22.4. The summed E-state index contributed by atoms with van der Waals surface area (Å²) in [6.45, 7) is 1.48. The largest absolute Gasteiger partial charge is 0.511 e. The molecule has 1 aliphatic carbocycles. The lowest BCUT2D eigenvalue weighted by molar-refractivity contribution is 0.143. The van der Waals surface area contributed by atoms with Crippen LogP contribution in [0.3, 0.4) is 0 Å². The Morgan fingerprint density at radius 2 is 1.97 bits per heavy atom. The zero-order valence-corrected chi connectivity index (χ0v) is 16.9. The Bertz CT molecular complexity index is 1260. The van der Waals surface area contributed by atoms with E-state index >= 15 is 4.39 Å². The number of carbonyl (C=O) groups is 1. The molecule has 1 saturated carbocycles. The summed E-state index contributed by atoms with van der Waals surface area (Å²) in [5.41, 5.74) is 0.452. The third-order valence-corrected chi connectivity index (χ3v) is 5.79. The van der Waals surface area contributed by atoms with Crippen LogP contribution in [0.5, 0.6) is 5.75 Å². The van der Waals surface area contributed by atoms with Crippen molar-refractivity contribution in [1.29, 1.82) is 0 Å². The van der Waals surface area contributed by atoms with Crippen LogP contribution in [0, 0.1) is 11.6 Å². The number of hydrogen-bond acceptors (Lipinski definition) is 6. The van der Waals surface area contributed by atoms with E-state index in [1.807, 2.05) is 0 Å². The number of anilines is 1. The molecule has 3 aromatic rings. The van der Waals surface area contributed by atoms with Crippen molar-refractivity contribution >= 4 is 23.0 Å². The average molecular weight is 442 g/mol. The van der Waals surface area contributed by atoms with Crippen LogP contribution in [0.15, 0.2) is 41.3 Å². The number of carboxylic acid groups (broad SMARTS) is 1. The van der Waals surface area contributed by atoms with Crippen molar-refractivity contribution in [3.8, 4) is 5.75 Å². The van der Waals surface area contributed by atoms with E-state index in [2.05, 4.69) is 15.0 Å². The lowest BCUT2D eigenvalue weighted by Gasteiger charge is -2.35. The first-order valence-electron chi connectivity index (χ1n) is 10.3. The summed E-state index contributed by atoms with van der Waals surface area (Å²) in [5, 5.41) is 12.2. The molecule has 1 aliphatic heterocycles. The first-order valence-corrected chi connectivity index (χ1v) is 10.3. The molecule has 8 nitrogen and oxygen atoms in total. The number of pyridine rings is 2. The number of piperazine rings is 1. The van der Waals surface area contributed by atoms with E-state index in [9.17, 15) is 14.0 Å². The van der Waals surface area contributed by atoms with Gasteiger partial charge in [-0.15, -0.1) is 0 Å². The number of nitrogens with zero attached hydrogens (tertiary/aromatic N) is 3. The molecule has 1 atom stereocenters. The second-order valence-corrected chi connectivity index (χ2v) is 8.00. The van der Waals surface area contributed by atoms with Crippen molar-refractivity contribution in [1.82, 2.24) is 14.9 Å². The average Bonchev–Trinajstić information content (AvgIpc) is 3.61. The molecule has 3 heterocycles. The van der Waals surface area contributed by atoms with Gasteiger partial charge in [0.1, 0.15) is 11.5 Å². The third-order valence-electron chi connectivity index (χ3n) is 5.79. The number of halogens is 2. The molecule has 1 aromatic carbocycles. The fourth-order valence-corrected chi connectivity index (χ4v) is 4.09. The molecule has 2 N–H and O–H groups in total. The highest BCUT2D eigenvalue weighted by Gasteiger charge is 2.29. The van der Waals surface area contributed by atoms with E-state index in [-0.39, 0.29) is 34.9 Å². The van der Waals surface area contributed by atoms with Crippen LogP contribution in [0.1, 0.15) is 30.5 Å². The van der Waals surface area contributed by atoms with E-state index in [1.165, 1.54) is 18.3 Å². The smallest absolute Gasteiger partial charge is 0.449 e. The number of aromatic nitrogens is 2. The van der Waals surface area contributed by atoms with Crippen LogP contribution < -0.4 is 20.4 Å². The molecular weight excluding hydrogens is 422 g/mol. The van der Waals surface area contributed by atoms with Gasteiger partial charge in [0.2, 0.25) is 5.43 Å². The Morgan fingerprint density at radius 3 is 2.66 bits per heavy atom. The summed E-state index contributed by atoms with van der Waals surface area (Å²) in [6, 6.07) is 7.16. The van der Waals surface area contributed by atoms with Crippen molar-refractivity contribution in [2.24, 2.45) is 0 Å². The Hall–Kier alpha value is -3.53. The SMILES string of the molecule is O=C(O)Oc1cn(C2CC2)c2nc(N3CCNC(c4ccc(F)cc4)C3)c(F)cc2c1=O. The minimum absolute atomic E-state index is 0.0258. The molecule has 1 saturated heterocycles. The van der Waals surface area contributed by atoms with Crippen LogP contribution in [0.4, 0.5) is 19.4 Å². The van der Waals surface area contributed by atoms with E-state index in [0.717, 1.165) is 24.5 Å². The highest BCUT2D eigenvalue weighted by atomic mass is 19.1. The molecule has 1 unspecified atom stereocenters. The predicted octanol–water partition coefficient (Wildman–Crippen LogP) is 3.22. The minimum Gasteiger partial charge on any atom is -0.449 e. The number of hydrogen-bond donors (Lipinski definition) is 2. The van der Waals surface area contributed by atoms with Crippen LogP contribution in [-0.4, -0.2) is 40.4 Å². The van der Waals surface area contributed by atoms with Gasteiger partial charge in [-0.1, -0.05) is 12.1 Å². The van der Waals surface area contributed by atoms with Gasteiger partial charge in [0, 0.05) is 31.7 Å². The Morgan fingerprint density at radius 1 is 1.22 bits per heavy atom. The van der Waals surface area contributed by atoms with Crippen molar-refractivity contribution < 1.29 is 23.4 Å². The number of nitrogens with one attached hydrogen (secondary N) is 1. The molecule has 2 fully saturated rings. The quantitative estimate of drug-likeness (QED) is 0.599. The molecular formula is C22H20F2N4O4. The summed E-state index contributed by atoms with van der Waals surface area (Å²) < 4.78 is 34.7. The Balaban J connectivity index is 1.55. The fourth-order valence-electron chi connectivity index (χ4n) is 4.09. The molecule has 166 valence electrons. The summed E-state index contributed by atoms with van der Waals surface area (Å²) in [5.74, 6) is -1.26. The molecule has 0 amide bonds. The number of fused-ring (bicyclic) bond motifs is 1. The van der Waals surface area contributed by atoms with Crippen molar-refractivity contribution in [3.05, 3.63) is 63.9 Å². The van der Waals surface area contributed by atoms with Crippen molar-refractivity contribution in [2.75, 3.05) is 24.5 Å². The summed E-state index contributed by atoms with van der Waals surface area (Å²) in [6.07, 6.45) is 1.42. The van der Waals surface area contributed by atoms with Gasteiger partial charge in [0.05, 0.1) is 11.6 Å². The van der Waals surface area contributed by atoms with Crippen molar-refractivity contribution in [3.63, 3.8) is 0 Å². The predicted molar refractivity (Wildman–Crippen MR) is 112 cm³/mol. The molecule has 2 aliphatic rings. The molecule has 0 spiro atoms. The lowest BCUT2D eigenvalue weighted by Crippen LogP contribution is -2.46. The number of benzene rings is 1. The Labute approximate surface area is 181 Å². The van der Waals surface area contributed by atoms with Gasteiger partial charge in [0.25, 0.3) is 0 Å². The molecule has 0 radical (unpaired) electrons. The minimum atomic E-state index is -1.61. The first kappa shape index (κ1) is 20.4. The van der Waals surface area contributed by atoms with Gasteiger partial charge in [-0.2, -0.15) is 0 Å². The maximum atomic E-state index is 15.1. The van der Waals surface area contributed by atoms with Gasteiger partial charge in [0.15, 0.2) is 17.4 Å². The number of ether oxygens (including phenoxy) is 1. The van der Waals surface area contributed by atoms with Crippen LogP contribution in [-0.2, 0) is 0 Å². The van der Waals surface area contributed by atoms with Gasteiger partial charge >= 0.3 is 6.16 Å². The Kier molecular flexibility index (Phi) is 5.01. The van der Waals surface area contributed by atoms with Crippen LogP contribution in [0.2, 0.25) is 0 Å². The van der Waals surface area contributed by atoms with Gasteiger partial charge < -0.3 is 24.6 Å². The van der Waals surface area contributed by atoms with E-state index in [4.69, 9.17) is 5.11 Å². The summed E-state index contributed by atoms with van der Waals surface area (Å²) in [7, 11) is 0. The molecule has 0 bridgehead atoms. The maximum Gasteiger partial charge on any atom is 0.511 e. The topological polar surface area (TPSA) is 96.7 Å². The highest BCUT2D eigenvalue weighted by molar-refractivity contribution is 5.80. The molecule has 5 rings (SSSR count). The molecule has 10 heteroatoms. The lowest BCUT2D eigenvalue weighted by atomic mass is 10.0. The summed E-state index contributed by atoms with van der Waals surface area (Å²) in [4.78, 5) is 30.0. The normalized spacial score (nSPS) is 18.7. The molecule has 2 aromatic heterocycles. The van der Waals surface area contributed by atoms with E-state index in [0.29, 0.717) is 25.3 Å². The number of rotatable bonds is 4. The van der Waals surface area contributed by atoms with E-state index < -0.39 is 17.4 Å². The maximum absolute atomic E-state index is 15.1. The van der Waals surface area contributed by atoms with Gasteiger partial charge in [-0.05, 0) is 36.6 Å². The monoisotopic (exact) mass is 442 g/mol. The summed E-state index contributed by atoms with van der Waals surface area (Å²) >= 11 is 0. The second kappa shape index (κ2) is 7.86. The standard InChI is InChI=1S/C22H20F2N4O4/c23-13-3-1-12(2-4-13)17-10-27(8-7-25-17)21-16(24)9-15-19(29)18(32-22(30)31)11-28(14-5-6-14)20(15)26-21/h1-4,9,11,14,17,25H,5-8,10H2,(H,30,31). The first-order chi connectivity index (χ1) is 15.4. The van der Waals surface area contributed by atoms with Gasteiger partial charge in [-0.3, -0.25) is 4.79 Å². The second-order valence-electron chi connectivity index (χ2n) is 8.00.